The number of ether oxygens (including phenoxy) is 1. The molecule has 1 aliphatic heterocycles. The van der Waals surface area contributed by atoms with Crippen LogP contribution in [0.15, 0.2) is 60.9 Å². The summed E-state index contributed by atoms with van der Waals surface area (Å²) in [5.74, 6) is -1.41. The number of carbonyl (C=O) groups is 1. The molecule has 0 bridgehead atoms. The summed E-state index contributed by atoms with van der Waals surface area (Å²) < 4.78 is 36.2. The highest BCUT2D eigenvalue weighted by Crippen LogP contribution is 2.31. The maximum Gasteiger partial charge on any atom is 0.320 e. The molecule has 3 heterocycles. The van der Waals surface area contributed by atoms with E-state index in [1.54, 1.807) is 27.7 Å². The monoisotopic (exact) mass is 551 g/mol. The van der Waals surface area contributed by atoms with Gasteiger partial charge in [-0.1, -0.05) is 36.4 Å². The molecular formula is C28H31F2N7O3. The summed E-state index contributed by atoms with van der Waals surface area (Å²) in [5.41, 5.74) is 3.73. The van der Waals surface area contributed by atoms with Crippen LogP contribution in [0.25, 0.3) is 11.3 Å². The van der Waals surface area contributed by atoms with Crippen LogP contribution in [0.4, 0.5) is 19.4 Å². The number of amides is 2. The second-order valence-corrected chi connectivity index (χ2v) is 9.65. The summed E-state index contributed by atoms with van der Waals surface area (Å²) in [7, 11) is 3.40. The van der Waals surface area contributed by atoms with Crippen LogP contribution in [0, 0.1) is 18.6 Å². The Kier molecular flexibility index (Phi) is 8.19. The number of aryl methyl sites for hydroxylation is 1. The number of nitrogens with one attached hydrogen (secondary N) is 2. The van der Waals surface area contributed by atoms with Crippen molar-refractivity contribution in [2.45, 2.75) is 25.6 Å². The van der Waals surface area contributed by atoms with Gasteiger partial charge < -0.3 is 10.1 Å². The molecule has 0 unspecified atom stereocenters. The Morgan fingerprint density at radius 1 is 1.18 bits per heavy atom. The highest BCUT2D eigenvalue weighted by molar-refractivity contribution is 5.90. The summed E-state index contributed by atoms with van der Waals surface area (Å²) in [5, 5.41) is 16.6. The fourth-order valence-electron chi connectivity index (χ4n) is 4.74. The van der Waals surface area contributed by atoms with Crippen molar-refractivity contribution in [3.8, 4) is 11.3 Å². The predicted octanol–water partition coefficient (Wildman–Crippen LogP) is 4.04. The lowest BCUT2D eigenvalue weighted by Crippen LogP contribution is -2.42. The largest absolute Gasteiger partial charge is 0.383 e. The Morgan fingerprint density at radius 3 is 2.67 bits per heavy atom. The molecule has 4 aromatic rings. The molecule has 40 heavy (non-hydrogen) atoms. The molecule has 2 atom stereocenters. The van der Waals surface area contributed by atoms with Gasteiger partial charge in [0, 0.05) is 44.6 Å². The lowest BCUT2D eigenvalue weighted by Gasteiger charge is -2.20. The van der Waals surface area contributed by atoms with Gasteiger partial charge in [-0.15, -0.1) is 0 Å². The lowest BCUT2D eigenvalue weighted by molar-refractivity contribution is -0.154. The Morgan fingerprint density at radius 2 is 1.98 bits per heavy atom. The number of aromatic nitrogens is 4. The zero-order valence-corrected chi connectivity index (χ0v) is 22.5. The predicted molar refractivity (Wildman–Crippen MR) is 144 cm³/mol. The molecule has 1 aliphatic rings. The zero-order chi connectivity index (χ0) is 28.2. The van der Waals surface area contributed by atoms with Crippen LogP contribution < -0.4 is 10.6 Å². The van der Waals surface area contributed by atoms with Crippen molar-refractivity contribution in [1.29, 1.82) is 0 Å². The van der Waals surface area contributed by atoms with Crippen LogP contribution in [-0.2, 0) is 23.2 Å². The van der Waals surface area contributed by atoms with Gasteiger partial charge in [0.15, 0.2) is 11.6 Å². The van der Waals surface area contributed by atoms with Crippen molar-refractivity contribution in [2.75, 3.05) is 32.1 Å². The van der Waals surface area contributed by atoms with E-state index in [4.69, 9.17) is 14.7 Å². The van der Waals surface area contributed by atoms with Crippen molar-refractivity contribution in [2.24, 2.45) is 7.05 Å². The molecule has 2 amide bonds. The Labute approximate surface area is 230 Å². The normalized spacial score (nSPS) is 17.3. The fraction of sp³-hybridized carbons (Fsp3) is 0.321. The molecule has 0 saturated carbocycles. The first kappa shape index (κ1) is 27.4. The van der Waals surface area contributed by atoms with E-state index in [1.807, 2.05) is 50.5 Å². The van der Waals surface area contributed by atoms with Crippen molar-refractivity contribution < 1.29 is 23.1 Å². The minimum Gasteiger partial charge on any atom is -0.383 e. The van der Waals surface area contributed by atoms with Gasteiger partial charge in [0.1, 0.15) is 17.6 Å². The molecule has 0 radical (unpaired) electrons. The molecule has 210 valence electrons. The van der Waals surface area contributed by atoms with Crippen molar-refractivity contribution in [3.63, 3.8) is 0 Å². The van der Waals surface area contributed by atoms with Crippen LogP contribution in [0.1, 0.15) is 22.8 Å². The van der Waals surface area contributed by atoms with E-state index in [0.717, 1.165) is 28.8 Å². The van der Waals surface area contributed by atoms with Gasteiger partial charge in [0.2, 0.25) is 0 Å². The highest BCUT2D eigenvalue weighted by atomic mass is 19.2. The molecule has 1 fully saturated rings. The summed E-state index contributed by atoms with van der Waals surface area (Å²) in [6.45, 7) is 3.49. The first-order valence-corrected chi connectivity index (χ1v) is 12.9. The summed E-state index contributed by atoms with van der Waals surface area (Å²) >= 11 is 0. The van der Waals surface area contributed by atoms with E-state index in [1.165, 1.54) is 6.07 Å². The second kappa shape index (κ2) is 11.9. The van der Waals surface area contributed by atoms with Gasteiger partial charge in [-0.25, -0.2) is 18.3 Å². The van der Waals surface area contributed by atoms with Gasteiger partial charge in [0.25, 0.3) is 0 Å². The number of hydrogen-bond donors (Lipinski definition) is 2. The maximum atomic E-state index is 14.0. The first-order chi connectivity index (χ1) is 19.3. The minimum atomic E-state index is -0.983. The molecule has 10 nitrogen and oxygen atoms in total. The zero-order valence-electron chi connectivity index (χ0n) is 22.5. The van der Waals surface area contributed by atoms with Crippen LogP contribution in [-0.4, -0.2) is 63.5 Å². The number of carbonyl (C=O) groups excluding carboxylic acids is 1. The van der Waals surface area contributed by atoms with Crippen LogP contribution in [0.5, 0.6) is 0 Å². The summed E-state index contributed by atoms with van der Waals surface area (Å²) in [6.07, 6.45) is 2.87. The third kappa shape index (κ3) is 6.03. The van der Waals surface area contributed by atoms with Crippen LogP contribution in [0.3, 0.4) is 0 Å². The van der Waals surface area contributed by atoms with E-state index in [9.17, 15) is 13.6 Å². The number of methoxy groups -OCH3 is 1. The van der Waals surface area contributed by atoms with E-state index >= 15 is 0 Å². The number of hydroxylamine groups is 2. The number of anilines is 1. The Hall–Kier alpha value is -4.13. The molecule has 2 aromatic carbocycles. The Balaban J connectivity index is 1.39. The number of urea groups is 1. The second-order valence-electron chi connectivity index (χ2n) is 9.65. The van der Waals surface area contributed by atoms with Crippen LogP contribution in [0.2, 0.25) is 0 Å². The van der Waals surface area contributed by atoms with Crippen molar-refractivity contribution >= 4 is 11.8 Å². The van der Waals surface area contributed by atoms with Crippen LogP contribution >= 0.6 is 0 Å². The number of hydrogen-bond acceptors (Lipinski definition) is 6. The number of benzene rings is 2. The number of halogens is 2. The lowest BCUT2D eigenvalue weighted by atomic mass is 10.0. The molecule has 12 heteroatoms. The van der Waals surface area contributed by atoms with Gasteiger partial charge >= 0.3 is 6.03 Å². The smallest absolute Gasteiger partial charge is 0.320 e. The number of nitrogens with zero attached hydrogens (tertiary/aromatic N) is 5. The third-order valence-corrected chi connectivity index (χ3v) is 6.74. The molecule has 2 aromatic heterocycles. The van der Waals surface area contributed by atoms with Gasteiger partial charge in [-0.2, -0.15) is 15.3 Å². The highest BCUT2D eigenvalue weighted by Gasteiger charge is 2.37. The summed E-state index contributed by atoms with van der Waals surface area (Å²) in [6, 6.07) is 12.4. The number of rotatable bonds is 9. The Bertz CT molecular complexity index is 1470. The van der Waals surface area contributed by atoms with E-state index in [0.29, 0.717) is 43.3 Å². The van der Waals surface area contributed by atoms with E-state index < -0.39 is 29.8 Å². The molecule has 1 saturated heterocycles. The minimum absolute atomic E-state index is 0.323. The van der Waals surface area contributed by atoms with Gasteiger partial charge in [-0.05, 0) is 30.2 Å². The van der Waals surface area contributed by atoms with Gasteiger partial charge in [0.05, 0.1) is 25.4 Å². The van der Waals surface area contributed by atoms with E-state index in [2.05, 4.69) is 15.7 Å². The topological polar surface area (TPSA) is 98.5 Å². The quantitative estimate of drug-likeness (QED) is 0.326. The van der Waals surface area contributed by atoms with Crippen molar-refractivity contribution in [3.05, 3.63) is 89.2 Å². The molecule has 0 spiro atoms. The fourth-order valence-corrected chi connectivity index (χ4v) is 4.74. The molecule has 2 N–H and O–H groups in total. The summed E-state index contributed by atoms with van der Waals surface area (Å²) in [4.78, 5) is 19.4. The molecule has 5 rings (SSSR count). The SMILES string of the molecule is COCCN1C[C@@H](NC(=O)Nc2c(C)c(-c3cnn(C)c3)nn2Cc2ccccc2)[C@H](c2ccc(F)c(F)c2)O1. The average Bonchev–Trinajstić information content (AvgIpc) is 3.63. The maximum absolute atomic E-state index is 14.0. The molecule has 0 aliphatic carbocycles. The van der Waals surface area contributed by atoms with E-state index in [-0.39, 0.29) is 0 Å². The standard InChI is InChI=1S/C28H31F2N7O3/c1-18-25(21-14-31-35(2)16-21)34-37(15-19-7-5-4-6-8-19)27(18)33-28(38)32-24-17-36(11-12-39-3)40-26(24)20-9-10-22(29)23(30)13-20/h4-10,13-14,16,24,26H,11-12,15,17H2,1-3H3,(H2,32,33,38)/t24-,26+/m1/s1. The first-order valence-electron chi connectivity index (χ1n) is 12.9. The van der Waals surface area contributed by atoms with Crippen molar-refractivity contribution in [1.82, 2.24) is 29.9 Å². The van der Waals surface area contributed by atoms with Gasteiger partial charge in [-0.3, -0.25) is 14.8 Å². The third-order valence-electron chi connectivity index (χ3n) is 6.74. The molecular weight excluding hydrogens is 520 g/mol. The average molecular weight is 552 g/mol.